The number of nitrogens with zero attached hydrogens (tertiary/aromatic N) is 3. The van der Waals surface area contributed by atoms with Gasteiger partial charge in [0, 0.05) is 61.8 Å². The first-order valence-corrected chi connectivity index (χ1v) is 13.6. The third kappa shape index (κ3) is 6.49. The number of rotatable bonds is 9. The van der Waals surface area contributed by atoms with Crippen LogP contribution in [-0.2, 0) is 6.54 Å². The minimum Gasteiger partial charge on any atom is -0.495 e. The highest BCUT2D eigenvalue weighted by Crippen LogP contribution is 2.31. The van der Waals surface area contributed by atoms with Crippen LogP contribution in [0.2, 0.25) is 0 Å². The molecule has 5 rings (SSSR count). The second kappa shape index (κ2) is 12.9. The Kier molecular flexibility index (Phi) is 8.62. The maximum Gasteiger partial charge on any atom is 0.269 e. The van der Waals surface area contributed by atoms with Gasteiger partial charge in [0.2, 0.25) is 0 Å². The van der Waals surface area contributed by atoms with Crippen molar-refractivity contribution >= 4 is 34.6 Å². The quantitative estimate of drug-likeness (QED) is 0.214. The van der Waals surface area contributed by atoms with E-state index in [9.17, 15) is 19.7 Å². The van der Waals surface area contributed by atoms with Crippen molar-refractivity contribution in [2.75, 3.05) is 48.4 Å². The third-order valence-electron chi connectivity index (χ3n) is 7.18. The molecule has 0 bridgehead atoms. The predicted octanol–water partition coefficient (Wildman–Crippen LogP) is 5.11. The lowest BCUT2D eigenvalue weighted by atomic mass is 10.1. The van der Waals surface area contributed by atoms with E-state index in [2.05, 4.69) is 20.4 Å². The second-order valence-corrected chi connectivity index (χ2v) is 9.80. The minimum absolute atomic E-state index is 0.0981. The van der Waals surface area contributed by atoms with Gasteiger partial charge in [-0.05, 0) is 48.0 Å². The molecule has 10 heteroatoms. The monoisotopic (exact) mass is 565 g/mol. The summed E-state index contributed by atoms with van der Waals surface area (Å²) in [6, 6.07) is 28.2. The van der Waals surface area contributed by atoms with E-state index in [1.54, 1.807) is 19.2 Å². The van der Waals surface area contributed by atoms with Crippen LogP contribution in [0.4, 0.5) is 22.7 Å². The van der Waals surface area contributed by atoms with Gasteiger partial charge in [-0.3, -0.25) is 19.7 Å². The largest absolute Gasteiger partial charge is 0.495 e. The summed E-state index contributed by atoms with van der Waals surface area (Å²) in [5.41, 5.74) is 3.84. The fourth-order valence-electron chi connectivity index (χ4n) is 4.96. The summed E-state index contributed by atoms with van der Waals surface area (Å²) >= 11 is 0. The molecule has 214 valence electrons. The van der Waals surface area contributed by atoms with Gasteiger partial charge in [-0.1, -0.05) is 42.5 Å². The number of ether oxygens (including phenoxy) is 1. The maximum atomic E-state index is 13.5. The van der Waals surface area contributed by atoms with Crippen LogP contribution in [0.25, 0.3) is 0 Å². The molecule has 0 radical (unpaired) electrons. The highest BCUT2D eigenvalue weighted by molar-refractivity contribution is 6.06. The fourth-order valence-corrected chi connectivity index (χ4v) is 4.96. The van der Waals surface area contributed by atoms with Crippen LogP contribution in [0.3, 0.4) is 0 Å². The Morgan fingerprint density at radius 1 is 0.810 bits per heavy atom. The zero-order valence-electron chi connectivity index (χ0n) is 23.2. The predicted molar refractivity (Wildman–Crippen MR) is 163 cm³/mol. The molecule has 1 fully saturated rings. The number of benzene rings is 4. The lowest BCUT2D eigenvalue weighted by Crippen LogP contribution is -2.47. The van der Waals surface area contributed by atoms with Crippen molar-refractivity contribution < 1.29 is 19.2 Å². The van der Waals surface area contributed by atoms with E-state index in [1.807, 2.05) is 60.7 Å². The molecule has 0 atom stereocenters. The third-order valence-corrected chi connectivity index (χ3v) is 7.18. The van der Waals surface area contributed by atoms with Crippen molar-refractivity contribution in [2.24, 2.45) is 0 Å². The molecule has 2 N–H and O–H groups in total. The number of amides is 2. The van der Waals surface area contributed by atoms with Crippen molar-refractivity contribution in [1.29, 1.82) is 0 Å². The van der Waals surface area contributed by atoms with Crippen LogP contribution in [0.15, 0.2) is 97.1 Å². The van der Waals surface area contributed by atoms with Crippen molar-refractivity contribution in [3.8, 4) is 5.75 Å². The molecule has 4 aromatic carbocycles. The fraction of sp³-hybridized carbons (Fsp3) is 0.188. The van der Waals surface area contributed by atoms with Gasteiger partial charge >= 0.3 is 0 Å². The van der Waals surface area contributed by atoms with E-state index in [0.717, 1.165) is 35.8 Å². The van der Waals surface area contributed by atoms with Gasteiger partial charge in [0.05, 0.1) is 23.3 Å². The van der Waals surface area contributed by atoms with E-state index in [1.165, 1.54) is 24.3 Å². The van der Waals surface area contributed by atoms with E-state index in [-0.39, 0.29) is 17.2 Å². The minimum atomic E-state index is -0.517. The van der Waals surface area contributed by atoms with E-state index in [4.69, 9.17) is 4.74 Å². The highest BCUT2D eigenvalue weighted by atomic mass is 16.6. The van der Waals surface area contributed by atoms with Gasteiger partial charge in [-0.25, -0.2) is 0 Å². The molecule has 0 spiro atoms. The van der Waals surface area contributed by atoms with Gasteiger partial charge in [-0.15, -0.1) is 0 Å². The Balaban J connectivity index is 1.36. The SMILES string of the molecule is COc1ccccc1N1CCN(c2ccc(NC(=O)c3ccc([N+](=O)[O-])cc3)cc2C(=O)NCc2ccccc2)CC1. The summed E-state index contributed by atoms with van der Waals surface area (Å²) in [4.78, 5) is 41.3. The summed E-state index contributed by atoms with van der Waals surface area (Å²) in [6.07, 6.45) is 0. The molecule has 0 saturated carbocycles. The molecule has 42 heavy (non-hydrogen) atoms. The number of piperazine rings is 1. The molecule has 0 aromatic heterocycles. The van der Waals surface area contributed by atoms with Crippen molar-refractivity contribution in [3.05, 3.63) is 124 Å². The molecule has 1 saturated heterocycles. The Labute approximate surface area is 243 Å². The summed E-state index contributed by atoms with van der Waals surface area (Å²) in [7, 11) is 1.66. The van der Waals surface area contributed by atoms with E-state index < -0.39 is 10.8 Å². The van der Waals surface area contributed by atoms with Gasteiger partial charge < -0.3 is 25.2 Å². The molecule has 1 heterocycles. The number of non-ortho nitro benzene ring substituents is 1. The average Bonchev–Trinajstić information content (AvgIpc) is 3.04. The zero-order chi connectivity index (χ0) is 29.5. The lowest BCUT2D eigenvalue weighted by molar-refractivity contribution is -0.384. The Morgan fingerprint density at radius 2 is 1.45 bits per heavy atom. The molecular weight excluding hydrogens is 534 g/mol. The molecule has 1 aliphatic rings. The molecule has 1 aliphatic heterocycles. The molecule has 4 aromatic rings. The molecular formula is C32H31N5O5. The van der Waals surface area contributed by atoms with Gasteiger partial charge in [0.15, 0.2) is 0 Å². The first kappa shape index (κ1) is 28.2. The number of nitro benzene ring substituents is 1. The average molecular weight is 566 g/mol. The number of anilines is 3. The number of carbonyl (C=O) groups is 2. The summed E-state index contributed by atoms with van der Waals surface area (Å²) in [6.45, 7) is 3.21. The molecule has 0 unspecified atom stereocenters. The van der Waals surface area contributed by atoms with Crippen molar-refractivity contribution in [3.63, 3.8) is 0 Å². The number of hydrogen-bond donors (Lipinski definition) is 2. The summed E-state index contributed by atoms with van der Waals surface area (Å²) < 4.78 is 5.54. The number of carbonyl (C=O) groups excluding carboxylic acids is 2. The van der Waals surface area contributed by atoms with Crippen LogP contribution >= 0.6 is 0 Å². The lowest BCUT2D eigenvalue weighted by Gasteiger charge is -2.38. The van der Waals surface area contributed by atoms with Gasteiger partial charge in [0.1, 0.15) is 5.75 Å². The van der Waals surface area contributed by atoms with Crippen LogP contribution in [0, 0.1) is 10.1 Å². The van der Waals surface area contributed by atoms with Crippen LogP contribution in [0.1, 0.15) is 26.3 Å². The van der Waals surface area contributed by atoms with Gasteiger partial charge in [-0.2, -0.15) is 0 Å². The maximum absolute atomic E-state index is 13.5. The number of nitrogens with one attached hydrogen (secondary N) is 2. The van der Waals surface area contributed by atoms with Crippen LogP contribution < -0.4 is 25.2 Å². The Hall–Kier alpha value is -5.38. The van der Waals surface area contributed by atoms with Crippen LogP contribution in [0.5, 0.6) is 5.75 Å². The topological polar surface area (TPSA) is 117 Å². The molecule has 2 amide bonds. The zero-order valence-corrected chi connectivity index (χ0v) is 23.2. The Bertz CT molecular complexity index is 1570. The van der Waals surface area contributed by atoms with Crippen molar-refractivity contribution in [2.45, 2.75) is 6.54 Å². The molecule has 0 aliphatic carbocycles. The first-order valence-electron chi connectivity index (χ1n) is 13.6. The summed E-state index contributed by atoms with van der Waals surface area (Å²) in [5.74, 6) is 0.131. The highest BCUT2D eigenvalue weighted by Gasteiger charge is 2.24. The smallest absolute Gasteiger partial charge is 0.269 e. The Morgan fingerprint density at radius 3 is 2.12 bits per heavy atom. The first-order chi connectivity index (χ1) is 20.4. The number of hydrogen-bond acceptors (Lipinski definition) is 7. The van der Waals surface area contributed by atoms with E-state index >= 15 is 0 Å². The van der Waals surface area contributed by atoms with Crippen LogP contribution in [-0.4, -0.2) is 50.0 Å². The van der Waals surface area contributed by atoms with Gasteiger partial charge in [0.25, 0.3) is 17.5 Å². The standard InChI is InChI=1S/C32H31N5O5/c1-42-30-10-6-5-9-29(30)36-19-17-35(18-20-36)28-16-13-25(34-31(38)24-11-14-26(15-12-24)37(40)41)21-27(28)32(39)33-22-23-7-3-2-4-8-23/h2-16,21H,17-20,22H2,1H3,(H,33,39)(H,34,38). The summed E-state index contributed by atoms with van der Waals surface area (Å²) in [5, 5.41) is 16.8. The number of methoxy groups -OCH3 is 1. The number of nitro groups is 1. The molecule has 10 nitrogen and oxygen atoms in total. The van der Waals surface area contributed by atoms with E-state index in [0.29, 0.717) is 30.9 Å². The van der Waals surface area contributed by atoms with Crippen molar-refractivity contribution in [1.82, 2.24) is 5.32 Å². The number of para-hydroxylation sites is 2. The normalized spacial score (nSPS) is 12.9. The second-order valence-electron chi connectivity index (χ2n) is 9.80.